The quantitative estimate of drug-likeness (QED) is 0.307. The van der Waals surface area contributed by atoms with Crippen LogP contribution < -0.4 is 5.32 Å². The van der Waals surface area contributed by atoms with Gasteiger partial charge in [-0.15, -0.1) is 0 Å². The molecule has 0 saturated carbocycles. The van der Waals surface area contributed by atoms with E-state index in [4.69, 9.17) is 28.6 Å². The molecule has 1 amide bonds. The second kappa shape index (κ2) is 10.6. The van der Waals surface area contributed by atoms with Gasteiger partial charge < -0.3 is 15.0 Å². The minimum absolute atomic E-state index is 0.00965. The number of non-ortho nitro benzene ring substituents is 1. The normalized spacial score (nSPS) is 14.4. The number of carbonyl (C=O) groups excluding carboxylic acids is 2. The van der Waals surface area contributed by atoms with Crippen molar-refractivity contribution in [1.82, 2.24) is 4.90 Å². The highest BCUT2D eigenvalue weighted by atomic mass is 35.5. The molecule has 1 fully saturated rings. The van der Waals surface area contributed by atoms with Gasteiger partial charge in [-0.25, -0.2) is 0 Å². The van der Waals surface area contributed by atoms with Crippen molar-refractivity contribution in [3.8, 4) is 0 Å². The number of nitrogens with zero attached hydrogens (tertiary/aromatic N) is 2. The highest BCUT2D eigenvalue weighted by molar-refractivity contribution is 8.23. The van der Waals surface area contributed by atoms with Crippen molar-refractivity contribution in [1.29, 1.82) is 0 Å². The Labute approximate surface area is 177 Å². The van der Waals surface area contributed by atoms with Crippen molar-refractivity contribution >= 4 is 63.2 Å². The number of nitrogens with one attached hydrogen (secondary N) is 1. The fourth-order valence-electron chi connectivity index (χ4n) is 2.50. The lowest BCUT2D eigenvalue weighted by Gasteiger charge is -2.31. The van der Waals surface area contributed by atoms with Gasteiger partial charge in [-0.05, 0) is 24.8 Å². The zero-order valence-electron chi connectivity index (χ0n) is 15.2. The second-order valence-corrected chi connectivity index (χ2v) is 8.37. The molecule has 0 atom stereocenters. The van der Waals surface area contributed by atoms with E-state index in [9.17, 15) is 19.7 Å². The summed E-state index contributed by atoms with van der Waals surface area (Å²) in [7, 11) is 0. The fourth-order valence-corrected chi connectivity index (χ4v) is 3.71. The second-order valence-electron chi connectivity index (χ2n) is 6.35. The van der Waals surface area contributed by atoms with Crippen LogP contribution in [0.2, 0.25) is 5.02 Å². The van der Waals surface area contributed by atoms with E-state index in [0.717, 1.165) is 32.0 Å². The van der Waals surface area contributed by atoms with Gasteiger partial charge >= 0.3 is 5.97 Å². The summed E-state index contributed by atoms with van der Waals surface area (Å²) in [5, 5.41) is 13.3. The Hall–Kier alpha value is -1.91. The Kier molecular flexibility index (Phi) is 8.46. The number of rotatable bonds is 6. The monoisotopic (exact) mass is 445 g/mol. The first-order valence-corrected chi connectivity index (χ1v) is 10.3. The van der Waals surface area contributed by atoms with Crippen LogP contribution in [0.5, 0.6) is 0 Å². The average Bonchev–Trinajstić information content (AvgIpc) is 2.66. The minimum atomic E-state index is -0.645. The standard InChI is InChI=1S/C17H20ClN3O5S2/c1-11-4-6-20(7-5-11)17(27)28-10-16(23)26-9-15(22)19-14-8-12(21(24)25)2-3-13(14)18/h2-3,8,11H,4-7,9-10H2,1H3,(H,19,22). The van der Waals surface area contributed by atoms with Crippen LogP contribution in [0.3, 0.4) is 0 Å². The first kappa shape index (κ1) is 22.4. The fraction of sp³-hybridized carbons (Fsp3) is 0.471. The number of nitro groups is 1. The highest BCUT2D eigenvalue weighted by Crippen LogP contribution is 2.26. The third-order valence-corrected chi connectivity index (χ3v) is 5.98. The first-order chi connectivity index (χ1) is 13.3. The van der Waals surface area contributed by atoms with E-state index in [-0.39, 0.29) is 22.2 Å². The number of benzene rings is 1. The molecule has 0 aromatic heterocycles. The Morgan fingerprint density at radius 3 is 2.75 bits per heavy atom. The number of piperidine rings is 1. The number of ether oxygens (including phenoxy) is 1. The zero-order chi connectivity index (χ0) is 20.7. The molecule has 1 heterocycles. The van der Waals surface area contributed by atoms with Crippen molar-refractivity contribution in [2.75, 3.05) is 30.8 Å². The largest absolute Gasteiger partial charge is 0.455 e. The molecule has 0 radical (unpaired) electrons. The lowest BCUT2D eigenvalue weighted by atomic mass is 10.00. The summed E-state index contributed by atoms with van der Waals surface area (Å²) in [6.45, 7) is 3.45. The third kappa shape index (κ3) is 6.92. The maximum atomic E-state index is 11.9. The number of carbonyl (C=O) groups is 2. The number of likely N-dealkylation sites (tertiary alicyclic amines) is 1. The minimum Gasteiger partial charge on any atom is -0.455 e. The molecule has 2 rings (SSSR count). The molecule has 1 aromatic carbocycles. The van der Waals surface area contributed by atoms with E-state index in [1.807, 2.05) is 0 Å². The molecule has 0 bridgehead atoms. The van der Waals surface area contributed by atoms with Crippen LogP contribution in [0.4, 0.5) is 11.4 Å². The molecule has 0 aliphatic carbocycles. The van der Waals surface area contributed by atoms with Crippen molar-refractivity contribution in [2.24, 2.45) is 5.92 Å². The Balaban J connectivity index is 1.74. The van der Waals surface area contributed by atoms with Gasteiger partial charge in [0.15, 0.2) is 6.61 Å². The Morgan fingerprint density at radius 1 is 1.43 bits per heavy atom. The number of halogens is 1. The van der Waals surface area contributed by atoms with E-state index in [1.165, 1.54) is 23.9 Å². The van der Waals surface area contributed by atoms with Gasteiger partial charge in [0.1, 0.15) is 4.32 Å². The van der Waals surface area contributed by atoms with Crippen LogP contribution in [0.1, 0.15) is 19.8 Å². The summed E-state index contributed by atoms with van der Waals surface area (Å²) in [5.74, 6) is -0.520. The molecule has 1 aliphatic rings. The van der Waals surface area contributed by atoms with Gasteiger partial charge in [0.05, 0.1) is 21.4 Å². The van der Waals surface area contributed by atoms with Crippen molar-refractivity contribution in [3.63, 3.8) is 0 Å². The zero-order valence-corrected chi connectivity index (χ0v) is 17.6. The molecule has 1 aliphatic heterocycles. The number of hydrogen-bond acceptors (Lipinski definition) is 7. The summed E-state index contributed by atoms with van der Waals surface area (Å²) < 4.78 is 5.57. The number of esters is 1. The molecule has 1 aromatic rings. The van der Waals surface area contributed by atoms with Gasteiger partial charge in [0.2, 0.25) is 0 Å². The molecule has 8 nitrogen and oxygen atoms in total. The summed E-state index contributed by atoms with van der Waals surface area (Å²) in [6, 6.07) is 3.66. The molecule has 152 valence electrons. The lowest BCUT2D eigenvalue weighted by molar-refractivity contribution is -0.384. The van der Waals surface area contributed by atoms with E-state index in [2.05, 4.69) is 17.1 Å². The van der Waals surface area contributed by atoms with Gasteiger partial charge in [0, 0.05) is 25.2 Å². The summed E-state index contributed by atoms with van der Waals surface area (Å²) in [6.07, 6.45) is 2.15. The Bertz CT molecular complexity index is 769. The smallest absolute Gasteiger partial charge is 0.316 e. The average molecular weight is 446 g/mol. The van der Waals surface area contributed by atoms with E-state index in [0.29, 0.717) is 10.2 Å². The number of thiocarbonyl (C=S) groups is 1. The van der Waals surface area contributed by atoms with Crippen LogP contribution in [0.15, 0.2) is 18.2 Å². The van der Waals surface area contributed by atoms with Crippen LogP contribution in [0, 0.1) is 16.0 Å². The maximum absolute atomic E-state index is 11.9. The van der Waals surface area contributed by atoms with E-state index in [1.54, 1.807) is 0 Å². The molecular weight excluding hydrogens is 426 g/mol. The molecule has 0 unspecified atom stereocenters. The molecular formula is C17H20ClN3O5S2. The number of amides is 1. The number of anilines is 1. The van der Waals surface area contributed by atoms with Crippen LogP contribution in [0.25, 0.3) is 0 Å². The summed E-state index contributed by atoms with van der Waals surface area (Å²) in [4.78, 5) is 36.0. The summed E-state index contributed by atoms with van der Waals surface area (Å²) >= 11 is 12.5. The topological polar surface area (TPSA) is 102 Å². The van der Waals surface area contributed by atoms with E-state index < -0.39 is 23.4 Å². The number of thioether (sulfide) groups is 1. The van der Waals surface area contributed by atoms with Crippen LogP contribution in [-0.2, 0) is 14.3 Å². The molecule has 1 N–H and O–H groups in total. The maximum Gasteiger partial charge on any atom is 0.316 e. The van der Waals surface area contributed by atoms with Crippen molar-refractivity contribution in [2.45, 2.75) is 19.8 Å². The van der Waals surface area contributed by atoms with Gasteiger partial charge in [-0.2, -0.15) is 0 Å². The van der Waals surface area contributed by atoms with Crippen LogP contribution >= 0.6 is 35.6 Å². The molecule has 1 saturated heterocycles. The van der Waals surface area contributed by atoms with Crippen LogP contribution in [-0.4, -0.2) is 51.5 Å². The molecule has 0 spiro atoms. The Morgan fingerprint density at radius 2 is 2.11 bits per heavy atom. The van der Waals surface area contributed by atoms with Crippen molar-refractivity contribution < 1.29 is 19.2 Å². The number of hydrogen-bond donors (Lipinski definition) is 1. The SMILES string of the molecule is CC1CCN(C(=S)SCC(=O)OCC(=O)Nc2cc([N+](=O)[O-])ccc2Cl)CC1. The predicted octanol–water partition coefficient (Wildman–Crippen LogP) is 3.48. The van der Waals surface area contributed by atoms with Gasteiger partial charge in [-0.1, -0.05) is 42.5 Å². The first-order valence-electron chi connectivity index (χ1n) is 8.57. The third-order valence-electron chi connectivity index (χ3n) is 4.15. The molecule has 11 heteroatoms. The number of nitro benzene ring substituents is 1. The predicted molar refractivity (Wildman–Crippen MR) is 113 cm³/mol. The highest BCUT2D eigenvalue weighted by Gasteiger charge is 2.19. The summed E-state index contributed by atoms with van der Waals surface area (Å²) in [5.41, 5.74) is -0.138. The van der Waals surface area contributed by atoms with Gasteiger partial charge in [-0.3, -0.25) is 19.7 Å². The molecule has 28 heavy (non-hydrogen) atoms. The van der Waals surface area contributed by atoms with Crippen molar-refractivity contribution in [3.05, 3.63) is 33.3 Å². The van der Waals surface area contributed by atoms with E-state index >= 15 is 0 Å². The van der Waals surface area contributed by atoms with Gasteiger partial charge in [0.25, 0.3) is 11.6 Å². The lowest BCUT2D eigenvalue weighted by Crippen LogP contribution is -2.36.